The first-order valence-corrected chi connectivity index (χ1v) is 12.8. The van der Waals surface area contributed by atoms with Crippen LogP contribution in [0.5, 0.6) is 0 Å². The van der Waals surface area contributed by atoms with Gasteiger partial charge in [-0.15, -0.1) is 0 Å². The largest absolute Gasteiger partial charge is 0.355 e. The summed E-state index contributed by atoms with van der Waals surface area (Å²) >= 11 is 0. The van der Waals surface area contributed by atoms with Crippen LogP contribution in [-0.4, -0.2) is 48.9 Å². The minimum absolute atomic E-state index is 0.0287. The Kier molecular flexibility index (Phi) is 7.55. The van der Waals surface area contributed by atoms with Gasteiger partial charge in [0.05, 0.1) is 0 Å². The minimum atomic E-state index is -0.130. The third-order valence-corrected chi connectivity index (χ3v) is 8.34. The Hall–Kier alpha value is -1.88. The molecule has 0 saturated heterocycles. The van der Waals surface area contributed by atoms with Gasteiger partial charge in [0.1, 0.15) is 0 Å². The number of hydrogen-bond acceptors (Lipinski definition) is 3. The average molecular weight is 440 g/mol. The second kappa shape index (κ2) is 10.4. The standard InChI is InChI=1S/C27H41N3O2/c1-3-30(4-2)24(15-20-8-6-5-7-9-20)19-29-25(31)10-11-28-26(32)27-16-21-12-22(17-27)14-23(13-21)18-27/h5-9,21-24H,3-4,10-19H2,1-2H3,(H,28,32)(H,29,31). The van der Waals surface area contributed by atoms with E-state index in [1.54, 1.807) is 0 Å². The maximum absolute atomic E-state index is 13.1. The lowest BCUT2D eigenvalue weighted by Crippen LogP contribution is -2.54. The number of carbonyl (C=O) groups is 2. The van der Waals surface area contributed by atoms with Gasteiger partial charge in [-0.2, -0.15) is 0 Å². The summed E-state index contributed by atoms with van der Waals surface area (Å²) in [4.78, 5) is 28.0. The van der Waals surface area contributed by atoms with E-state index in [1.165, 1.54) is 24.8 Å². The molecule has 4 aliphatic rings. The van der Waals surface area contributed by atoms with Crippen LogP contribution in [-0.2, 0) is 16.0 Å². The van der Waals surface area contributed by atoms with E-state index in [2.05, 4.69) is 53.6 Å². The van der Waals surface area contributed by atoms with Crippen molar-refractivity contribution in [1.29, 1.82) is 0 Å². The molecule has 1 aromatic rings. The van der Waals surface area contributed by atoms with E-state index >= 15 is 0 Å². The van der Waals surface area contributed by atoms with Crippen LogP contribution in [0.4, 0.5) is 0 Å². The highest BCUT2D eigenvalue weighted by atomic mass is 16.2. The van der Waals surface area contributed by atoms with Crippen LogP contribution >= 0.6 is 0 Å². The highest BCUT2D eigenvalue weighted by Gasteiger charge is 2.54. The molecule has 1 atom stereocenters. The highest BCUT2D eigenvalue weighted by Crippen LogP contribution is 2.60. The van der Waals surface area contributed by atoms with Crippen LogP contribution in [0.1, 0.15) is 64.4 Å². The Morgan fingerprint density at radius 1 is 0.969 bits per heavy atom. The molecule has 5 rings (SSSR count). The first kappa shape index (κ1) is 23.3. The van der Waals surface area contributed by atoms with E-state index in [1.807, 2.05) is 6.07 Å². The molecule has 2 N–H and O–H groups in total. The van der Waals surface area contributed by atoms with Crippen LogP contribution in [0.15, 0.2) is 30.3 Å². The van der Waals surface area contributed by atoms with Gasteiger partial charge < -0.3 is 10.6 Å². The van der Waals surface area contributed by atoms with Crippen molar-refractivity contribution in [2.75, 3.05) is 26.2 Å². The minimum Gasteiger partial charge on any atom is -0.355 e. The van der Waals surface area contributed by atoms with Gasteiger partial charge in [0.15, 0.2) is 0 Å². The summed E-state index contributed by atoms with van der Waals surface area (Å²) in [6.45, 7) is 7.35. The smallest absolute Gasteiger partial charge is 0.226 e. The third kappa shape index (κ3) is 5.36. The van der Waals surface area contributed by atoms with Crippen molar-refractivity contribution in [3.63, 3.8) is 0 Å². The number of amides is 2. The van der Waals surface area contributed by atoms with Gasteiger partial charge in [-0.25, -0.2) is 0 Å². The van der Waals surface area contributed by atoms with E-state index in [9.17, 15) is 9.59 Å². The zero-order chi connectivity index (χ0) is 22.6. The fraction of sp³-hybridized carbons (Fsp3) is 0.704. The Labute approximate surface area is 193 Å². The number of rotatable bonds is 11. The fourth-order valence-electron chi connectivity index (χ4n) is 7.14. The average Bonchev–Trinajstić information content (AvgIpc) is 2.78. The predicted molar refractivity (Wildman–Crippen MR) is 128 cm³/mol. The van der Waals surface area contributed by atoms with Gasteiger partial charge in [0.2, 0.25) is 11.8 Å². The van der Waals surface area contributed by atoms with Crippen molar-refractivity contribution < 1.29 is 9.59 Å². The summed E-state index contributed by atoms with van der Waals surface area (Å²) in [6.07, 6.45) is 8.51. The number of likely N-dealkylation sites (N-methyl/N-ethyl adjacent to an activating group) is 1. The van der Waals surface area contributed by atoms with Gasteiger partial charge in [0, 0.05) is 31.0 Å². The molecule has 0 spiro atoms. The van der Waals surface area contributed by atoms with E-state index < -0.39 is 0 Å². The lowest BCUT2D eigenvalue weighted by atomic mass is 9.49. The van der Waals surface area contributed by atoms with Gasteiger partial charge in [-0.05, 0) is 81.4 Å². The molecule has 4 saturated carbocycles. The first-order valence-electron chi connectivity index (χ1n) is 12.8. The number of benzene rings is 1. The van der Waals surface area contributed by atoms with Crippen molar-refractivity contribution in [1.82, 2.24) is 15.5 Å². The van der Waals surface area contributed by atoms with Crippen molar-refractivity contribution in [3.8, 4) is 0 Å². The number of nitrogens with one attached hydrogen (secondary N) is 2. The molecule has 0 radical (unpaired) electrons. The molecule has 0 aromatic heterocycles. The van der Waals surface area contributed by atoms with E-state index in [0.29, 0.717) is 19.5 Å². The lowest BCUT2D eigenvalue weighted by Gasteiger charge is -2.55. The maximum atomic E-state index is 13.1. The van der Waals surface area contributed by atoms with Crippen LogP contribution in [0.2, 0.25) is 0 Å². The number of nitrogens with zero attached hydrogens (tertiary/aromatic N) is 1. The fourth-order valence-corrected chi connectivity index (χ4v) is 7.14. The third-order valence-electron chi connectivity index (χ3n) is 8.34. The van der Waals surface area contributed by atoms with Crippen molar-refractivity contribution in [3.05, 3.63) is 35.9 Å². The molecule has 5 heteroatoms. The van der Waals surface area contributed by atoms with Crippen molar-refractivity contribution in [2.45, 2.75) is 71.3 Å². The maximum Gasteiger partial charge on any atom is 0.226 e. The molecule has 0 heterocycles. The second-order valence-corrected chi connectivity index (χ2v) is 10.6. The molecule has 1 unspecified atom stereocenters. The SMILES string of the molecule is CCN(CC)C(CNC(=O)CCNC(=O)C12CC3CC(CC(C3)C1)C2)Cc1ccccc1. The summed E-state index contributed by atoms with van der Waals surface area (Å²) in [5.74, 6) is 2.53. The highest BCUT2D eigenvalue weighted by molar-refractivity contribution is 5.84. The van der Waals surface area contributed by atoms with E-state index in [4.69, 9.17) is 0 Å². The van der Waals surface area contributed by atoms with Gasteiger partial charge in [-0.3, -0.25) is 14.5 Å². The van der Waals surface area contributed by atoms with Crippen LogP contribution in [0.25, 0.3) is 0 Å². The molecule has 32 heavy (non-hydrogen) atoms. The molecular formula is C27H41N3O2. The molecule has 5 nitrogen and oxygen atoms in total. The normalized spacial score (nSPS) is 29.2. The van der Waals surface area contributed by atoms with Gasteiger partial charge in [0.25, 0.3) is 0 Å². The number of carbonyl (C=O) groups excluding carboxylic acids is 2. The molecule has 2 amide bonds. The Balaban J connectivity index is 1.23. The molecular weight excluding hydrogens is 398 g/mol. The summed E-state index contributed by atoms with van der Waals surface area (Å²) in [5.41, 5.74) is 1.16. The quantitative estimate of drug-likeness (QED) is 0.552. The van der Waals surface area contributed by atoms with Crippen LogP contribution in [0, 0.1) is 23.2 Å². The predicted octanol–water partition coefficient (Wildman–Crippen LogP) is 3.78. The molecule has 1 aromatic carbocycles. The first-order chi connectivity index (χ1) is 15.5. The molecule has 4 fully saturated rings. The van der Waals surface area contributed by atoms with Crippen molar-refractivity contribution >= 4 is 11.8 Å². The van der Waals surface area contributed by atoms with E-state index in [0.717, 1.165) is 56.5 Å². The summed E-state index contributed by atoms with van der Waals surface area (Å²) in [5, 5.41) is 6.26. The summed E-state index contributed by atoms with van der Waals surface area (Å²) < 4.78 is 0. The topological polar surface area (TPSA) is 61.4 Å². The molecule has 4 aliphatic carbocycles. The monoisotopic (exact) mass is 439 g/mol. The Morgan fingerprint density at radius 2 is 1.56 bits per heavy atom. The van der Waals surface area contributed by atoms with Gasteiger partial charge in [-0.1, -0.05) is 44.2 Å². The summed E-state index contributed by atoms with van der Waals surface area (Å²) in [7, 11) is 0. The molecule has 176 valence electrons. The van der Waals surface area contributed by atoms with E-state index in [-0.39, 0.29) is 23.3 Å². The molecule has 0 aliphatic heterocycles. The van der Waals surface area contributed by atoms with Crippen LogP contribution < -0.4 is 10.6 Å². The second-order valence-electron chi connectivity index (χ2n) is 10.6. The lowest BCUT2D eigenvalue weighted by molar-refractivity contribution is -0.146. The Morgan fingerprint density at radius 3 is 2.12 bits per heavy atom. The zero-order valence-corrected chi connectivity index (χ0v) is 19.9. The number of hydrogen-bond donors (Lipinski definition) is 2. The van der Waals surface area contributed by atoms with Crippen LogP contribution in [0.3, 0.4) is 0 Å². The molecule has 4 bridgehead atoms. The van der Waals surface area contributed by atoms with Crippen molar-refractivity contribution in [2.24, 2.45) is 23.2 Å². The zero-order valence-electron chi connectivity index (χ0n) is 19.9. The Bertz CT molecular complexity index is 739. The summed E-state index contributed by atoms with van der Waals surface area (Å²) in [6, 6.07) is 10.8. The van der Waals surface area contributed by atoms with Gasteiger partial charge >= 0.3 is 0 Å².